The van der Waals surface area contributed by atoms with Crippen LogP contribution in [0.5, 0.6) is 5.88 Å². The topological polar surface area (TPSA) is 39.9 Å². The molecular weight excluding hydrogens is 197 g/mol. The van der Waals surface area contributed by atoms with Crippen LogP contribution in [0.3, 0.4) is 0 Å². The molecule has 2 aromatic rings. The summed E-state index contributed by atoms with van der Waals surface area (Å²) >= 11 is 0. The highest BCUT2D eigenvalue weighted by atomic mass is 19.1. The fourth-order valence-corrected chi connectivity index (χ4v) is 1.35. The molecule has 0 atom stereocenters. The Hall–Kier alpha value is -1.91. The second kappa shape index (κ2) is 3.68. The van der Waals surface area contributed by atoms with Crippen LogP contribution in [-0.4, -0.2) is 21.9 Å². The first-order valence-corrected chi connectivity index (χ1v) is 4.40. The number of rotatable bonds is 2. The number of nitrogens with zero attached hydrogens (tertiary/aromatic N) is 3. The van der Waals surface area contributed by atoms with Crippen molar-refractivity contribution < 1.29 is 9.13 Å². The number of aromatic nitrogens is 3. The Morgan fingerprint density at radius 3 is 2.80 bits per heavy atom. The smallest absolute Gasteiger partial charge is 0.215 e. The van der Waals surface area contributed by atoms with Crippen molar-refractivity contribution in [3.8, 4) is 17.1 Å². The van der Waals surface area contributed by atoms with Gasteiger partial charge in [-0.3, -0.25) is 4.68 Å². The molecule has 5 heteroatoms. The van der Waals surface area contributed by atoms with Gasteiger partial charge in [-0.25, -0.2) is 9.37 Å². The molecule has 0 aliphatic carbocycles. The summed E-state index contributed by atoms with van der Waals surface area (Å²) in [6.07, 6.45) is 3.05. The van der Waals surface area contributed by atoms with E-state index in [0.29, 0.717) is 11.3 Å². The summed E-state index contributed by atoms with van der Waals surface area (Å²) in [7, 11) is 3.20. The molecule has 0 aliphatic rings. The summed E-state index contributed by atoms with van der Waals surface area (Å²) in [5.74, 6) is -0.108. The standard InChI is InChI=1S/C10H10FN3O/c1-14-9(3-4-13-14)7-6-12-10(15-2)5-8(7)11/h3-6H,1-2H3. The predicted molar refractivity (Wildman–Crippen MR) is 52.9 cm³/mol. The molecule has 0 amide bonds. The summed E-state index contributed by atoms with van der Waals surface area (Å²) in [6.45, 7) is 0. The number of pyridine rings is 1. The lowest BCUT2D eigenvalue weighted by molar-refractivity contribution is 0.394. The number of hydrogen-bond donors (Lipinski definition) is 0. The van der Waals surface area contributed by atoms with Crippen LogP contribution in [0.15, 0.2) is 24.5 Å². The molecule has 4 nitrogen and oxygen atoms in total. The van der Waals surface area contributed by atoms with Gasteiger partial charge in [-0.2, -0.15) is 5.10 Å². The van der Waals surface area contributed by atoms with Gasteiger partial charge in [0.2, 0.25) is 5.88 Å². The van der Waals surface area contributed by atoms with Crippen LogP contribution < -0.4 is 4.74 Å². The molecule has 78 valence electrons. The van der Waals surface area contributed by atoms with Crippen LogP contribution in [0.25, 0.3) is 11.3 Å². The van der Waals surface area contributed by atoms with Gasteiger partial charge in [0, 0.05) is 25.5 Å². The van der Waals surface area contributed by atoms with Crippen LogP contribution in [0, 0.1) is 5.82 Å². The summed E-state index contributed by atoms with van der Waals surface area (Å²) in [5, 5.41) is 3.97. The number of ether oxygens (including phenoxy) is 1. The van der Waals surface area contributed by atoms with Crippen LogP contribution >= 0.6 is 0 Å². The van der Waals surface area contributed by atoms with Gasteiger partial charge in [-0.15, -0.1) is 0 Å². The zero-order valence-corrected chi connectivity index (χ0v) is 8.44. The highest BCUT2D eigenvalue weighted by Crippen LogP contribution is 2.23. The summed E-state index contributed by atoms with van der Waals surface area (Å²) in [6, 6.07) is 2.98. The molecule has 0 N–H and O–H groups in total. The second-order valence-corrected chi connectivity index (χ2v) is 3.05. The number of aryl methyl sites for hydroxylation is 1. The average Bonchev–Trinajstić information content (AvgIpc) is 2.64. The highest BCUT2D eigenvalue weighted by molar-refractivity contribution is 5.59. The SMILES string of the molecule is COc1cc(F)c(-c2ccnn2C)cn1. The normalized spacial score (nSPS) is 10.3. The van der Waals surface area contributed by atoms with Crippen molar-refractivity contribution in [1.29, 1.82) is 0 Å². The van der Waals surface area contributed by atoms with E-state index in [1.807, 2.05) is 0 Å². The van der Waals surface area contributed by atoms with E-state index < -0.39 is 0 Å². The van der Waals surface area contributed by atoms with Gasteiger partial charge >= 0.3 is 0 Å². The number of methoxy groups -OCH3 is 1. The fourth-order valence-electron chi connectivity index (χ4n) is 1.35. The Labute approximate surface area is 86.3 Å². The van der Waals surface area contributed by atoms with E-state index in [-0.39, 0.29) is 11.7 Å². The van der Waals surface area contributed by atoms with Crippen molar-refractivity contribution >= 4 is 0 Å². The summed E-state index contributed by atoms with van der Waals surface area (Å²) in [4.78, 5) is 3.95. The molecule has 0 unspecified atom stereocenters. The zero-order chi connectivity index (χ0) is 10.8. The van der Waals surface area contributed by atoms with Gasteiger partial charge in [-0.1, -0.05) is 0 Å². The van der Waals surface area contributed by atoms with E-state index in [1.54, 1.807) is 24.0 Å². The Balaban J connectivity index is 2.50. The minimum atomic E-state index is -0.370. The van der Waals surface area contributed by atoms with E-state index in [1.165, 1.54) is 19.4 Å². The molecule has 0 fully saturated rings. The lowest BCUT2D eigenvalue weighted by atomic mass is 10.2. The van der Waals surface area contributed by atoms with E-state index in [4.69, 9.17) is 4.74 Å². The molecule has 0 bridgehead atoms. The van der Waals surface area contributed by atoms with Gasteiger partial charge in [0.1, 0.15) is 5.82 Å². The minimum Gasteiger partial charge on any atom is -0.481 e. The Bertz CT molecular complexity index is 481. The maximum Gasteiger partial charge on any atom is 0.215 e. The molecule has 2 aromatic heterocycles. The van der Waals surface area contributed by atoms with Crippen molar-refractivity contribution in [2.24, 2.45) is 7.05 Å². The quantitative estimate of drug-likeness (QED) is 0.751. The van der Waals surface area contributed by atoms with Crippen molar-refractivity contribution in [3.05, 3.63) is 30.3 Å². The maximum atomic E-state index is 13.6. The predicted octanol–water partition coefficient (Wildman–Crippen LogP) is 1.63. The molecule has 2 heterocycles. The Morgan fingerprint density at radius 1 is 1.47 bits per heavy atom. The van der Waals surface area contributed by atoms with Crippen LogP contribution in [0.4, 0.5) is 4.39 Å². The highest BCUT2D eigenvalue weighted by Gasteiger charge is 2.10. The van der Waals surface area contributed by atoms with E-state index in [2.05, 4.69) is 10.1 Å². The van der Waals surface area contributed by atoms with Crippen LogP contribution in [0.1, 0.15) is 0 Å². The molecule has 0 saturated carbocycles. The van der Waals surface area contributed by atoms with E-state index in [9.17, 15) is 4.39 Å². The van der Waals surface area contributed by atoms with Gasteiger partial charge in [-0.05, 0) is 6.07 Å². The van der Waals surface area contributed by atoms with Gasteiger partial charge in [0.05, 0.1) is 18.4 Å². The van der Waals surface area contributed by atoms with Crippen LogP contribution in [-0.2, 0) is 7.05 Å². The molecule has 0 spiro atoms. The van der Waals surface area contributed by atoms with Crippen molar-refractivity contribution in [2.75, 3.05) is 7.11 Å². The number of hydrogen-bond acceptors (Lipinski definition) is 3. The summed E-state index contributed by atoms with van der Waals surface area (Å²) < 4.78 is 20.0. The third-order valence-corrected chi connectivity index (χ3v) is 2.13. The molecular formula is C10H10FN3O. The largest absolute Gasteiger partial charge is 0.481 e. The zero-order valence-electron chi connectivity index (χ0n) is 8.44. The average molecular weight is 207 g/mol. The van der Waals surface area contributed by atoms with Gasteiger partial charge < -0.3 is 4.74 Å². The first-order chi connectivity index (χ1) is 7.22. The third-order valence-electron chi connectivity index (χ3n) is 2.13. The molecule has 0 aliphatic heterocycles. The monoisotopic (exact) mass is 207 g/mol. The molecule has 2 rings (SSSR count). The first kappa shape index (κ1) is 9.64. The van der Waals surface area contributed by atoms with Gasteiger partial charge in [0.15, 0.2) is 0 Å². The lowest BCUT2D eigenvalue weighted by Gasteiger charge is -2.04. The Kier molecular flexibility index (Phi) is 2.37. The first-order valence-electron chi connectivity index (χ1n) is 4.40. The molecule has 0 radical (unpaired) electrons. The lowest BCUT2D eigenvalue weighted by Crippen LogP contribution is -1.97. The molecule has 0 saturated heterocycles. The van der Waals surface area contributed by atoms with Crippen molar-refractivity contribution in [3.63, 3.8) is 0 Å². The second-order valence-electron chi connectivity index (χ2n) is 3.05. The van der Waals surface area contributed by atoms with Crippen LogP contribution in [0.2, 0.25) is 0 Å². The third kappa shape index (κ3) is 1.68. The van der Waals surface area contributed by atoms with E-state index in [0.717, 1.165) is 0 Å². The summed E-state index contributed by atoms with van der Waals surface area (Å²) in [5.41, 5.74) is 1.10. The minimum absolute atomic E-state index is 0.262. The maximum absolute atomic E-state index is 13.6. The van der Waals surface area contributed by atoms with Gasteiger partial charge in [0.25, 0.3) is 0 Å². The van der Waals surface area contributed by atoms with Crippen molar-refractivity contribution in [1.82, 2.24) is 14.8 Å². The molecule has 15 heavy (non-hydrogen) atoms. The van der Waals surface area contributed by atoms with Crippen molar-refractivity contribution in [2.45, 2.75) is 0 Å². The fraction of sp³-hybridized carbons (Fsp3) is 0.200. The number of halogens is 1. The van der Waals surface area contributed by atoms with E-state index >= 15 is 0 Å². The molecule has 0 aromatic carbocycles. The Morgan fingerprint density at radius 2 is 2.27 bits per heavy atom.